The van der Waals surface area contributed by atoms with E-state index in [1.807, 2.05) is 48.7 Å². The predicted octanol–water partition coefficient (Wildman–Crippen LogP) is 4.07. The molecule has 6 heteroatoms. The summed E-state index contributed by atoms with van der Waals surface area (Å²) in [5.41, 5.74) is 4.47. The Morgan fingerprint density at radius 3 is 2.39 bits per heavy atom. The van der Waals surface area contributed by atoms with E-state index >= 15 is 0 Å². The van der Waals surface area contributed by atoms with Crippen molar-refractivity contribution in [2.75, 3.05) is 0 Å². The second-order valence-corrected chi connectivity index (χ2v) is 6.40. The molecule has 0 atom stereocenters. The van der Waals surface area contributed by atoms with Crippen LogP contribution in [0.4, 0.5) is 0 Å². The minimum Gasteiger partial charge on any atom is -0.361 e. The lowest BCUT2D eigenvalue weighted by Crippen LogP contribution is -2.05. The zero-order valence-corrected chi connectivity index (χ0v) is 14.9. The van der Waals surface area contributed by atoms with Gasteiger partial charge in [0, 0.05) is 41.5 Å². The first-order valence-electron chi connectivity index (χ1n) is 9.00. The molecule has 1 N–H and O–H groups in total. The first-order chi connectivity index (χ1) is 13.9. The lowest BCUT2D eigenvalue weighted by molar-refractivity contribution is 0.870. The van der Waals surface area contributed by atoms with Gasteiger partial charge >= 0.3 is 0 Å². The van der Waals surface area contributed by atoms with Gasteiger partial charge in [0.2, 0.25) is 0 Å². The van der Waals surface area contributed by atoms with Crippen molar-refractivity contribution >= 4 is 10.9 Å². The predicted molar refractivity (Wildman–Crippen MR) is 107 cm³/mol. The molecule has 0 aliphatic carbocycles. The number of hydrogen-bond donors (Lipinski definition) is 1. The van der Waals surface area contributed by atoms with Gasteiger partial charge in [-0.3, -0.25) is 0 Å². The third-order valence-electron chi connectivity index (χ3n) is 4.58. The minimum atomic E-state index is 0.538. The molecule has 0 fully saturated rings. The van der Waals surface area contributed by atoms with Crippen LogP contribution in [0.2, 0.25) is 0 Å². The molecule has 0 saturated heterocycles. The van der Waals surface area contributed by atoms with Gasteiger partial charge in [-0.1, -0.05) is 48.5 Å². The highest BCUT2D eigenvalue weighted by atomic mass is 15.2. The monoisotopic (exact) mass is 364 g/mol. The summed E-state index contributed by atoms with van der Waals surface area (Å²) in [4.78, 5) is 16.8. The van der Waals surface area contributed by atoms with Crippen molar-refractivity contribution in [1.82, 2.24) is 30.1 Å². The topological polar surface area (TPSA) is 80.2 Å². The molecule has 0 spiro atoms. The van der Waals surface area contributed by atoms with Crippen LogP contribution in [0, 0.1) is 0 Å². The van der Waals surface area contributed by atoms with Gasteiger partial charge in [0.25, 0.3) is 0 Å². The normalized spacial score (nSPS) is 11.0. The van der Waals surface area contributed by atoms with E-state index in [0.717, 1.165) is 22.0 Å². The zero-order chi connectivity index (χ0) is 18.8. The van der Waals surface area contributed by atoms with E-state index < -0.39 is 0 Å². The highest BCUT2D eigenvalue weighted by Crippen LogP contribution is 2.26. The standard InChI is InChI=1S/C22H16N6/c1-2-7-15(8-3-1)20-21(22-23-11-6-12-24-22)26-19(27-28-20)13-16-14-25-18-10-5-4-9-17(16)18/h1-12,14,25H,13H2. The number of nitrogens with one attached hydrogen (secondary N) is 1. The second kappa shape index (κ2) is 7.00. The van der Waals surface area contributed by atoms with Crippen LogP contribution in [0.25, 0.3) is 33.7 Å². The van der Waals surface area contributed by atoms with Crippen molar-refractivity contribution in [1.29, 1.82) is 0 Å². The molecule has 134 valence electrons. The summed E-state index contributed by atoms with van der Waals surface area (Å²) in [5.74, 6) is 1.17. The second-order valence-electron chi connectivity index (χ2n) is 6.40. The number of aromatic nitrogens is 6. The fourth-order valence-electron chi connectivity index (χ4n) is 3.25. The molecule has 0 unspecified atom stereocenters. The maximum absolute atomic E-state index is 4.79. The number of rotatable bonds is 4. The average Bonchev–Trinajstić information content (AvgIpc) is 3.18. The van der Waals surface area contributed by atoms with Crippen molar-refractivity contribution in [2.45, 2.75) is 6.42 Å². The molecule has 2 aromatic carbocycles. The summed E-state index contributed by atoms with van der Waals surface area (Å²) < 4.78 is 0. The van der Waals surface area contributed by atoms with Crippen LogP contribution in [0.3, 0.4) is 0 Å². The molecule has 0 amide bonds. The summed E-state index contributed by atoms with van der Waals surface area (Å²) in [6.07, 6.45) is 5.99. The Labute approximate surface area is 161 Å². The van der Waals surface area contributed by atoms with E-state index in [4.69, 9.17) is 4.98 Å². The number of para-hydroxylation sites is 1. The quantitative estimate of drug-likeness (QED) is 0.520. The molecule has 5 rings (SSSR count). The van der Waals surface area contributed by atoms with Crippen LogP contribution in [0.1, 0.15) is 11.4 Å². The Hall–Kier alpha value is -3.93. The molecule has 6 nitrogen and oxygen atoms in total. The fraction of sp³-hybridized carbons (Fsp3) is 0.0455. The Morgan fingerprint density at radius 2 is 1.54 bits per heavy atom. The number of hydrogen-bond acceptors (Lipinski definition) is 5. The van der Waals surface area contributed by atoms with Gasteiger partial charge in [0.05, 0.1) is 0 Å². The van der Waals surface area contributed by atoms with Crippen molar-refractivity contribution in [3.05, 3.63) is 90.6 Å². The number of H-pyrrole nitrogens is 1. The van der Waals surface area contributed by atoms with Gasteiger partial charge in [-0.05, 0) is 17.7 Å². The smallest absolute Gasteiger partial charge is 0.180 e. The summed E-state index contributed by atoms with van der Waals surface area (Å²) in [6, 6.07) is 19.8. The minimum absolute atomic E-state index is 0.538. The van der Waals surface area contributed by atoms with Crippen LogP contribution >= 0.6 is 0 Å². The zero-order valence-electron chi connectivity index (χ0n) is 14.9. The van der Waals surface area contributed by atoms with Crippen LogP contribution in [0.5, 0.6) is 0 Å². The fourth-order valence-corrected chi connectivity index (χ4v) is 3.25. The van der Waals surface area contributed by atoms with E-state index in [2.05, 4.69) is 37.3 Å². The number of fused-ring (bicyclic) bond motifs is 1. The van der Waals surface area contributed by atoms with Gasteiger partial charge in [0.1, 0.15) is 11.4 Å². The Morgan fingerprint density at radius 1 is 0.750 bits per heavy atom. The molecule has 0 bridgehead atoms. The van der Waals surface area contributed by atoms with Gasteiger partial charge in [-0.2, -0.15) is 0 Å². The molecule has 0 aliphatic rings. The first-order valence-corrected chi connectivity index (χ1v) is 9.00. The molecule has 5 aromatic rings. The Bertz CT molecular complexity index is 1230. The van der Waals surface area contributed by atoms with E-state index in [1.54, 1.807) is 18.5 Å². The van der Waals surface area contributed by atoms with E-state index in [9.17, 15) is 0 Å². The van der Waals surface area contributed by atoms with Crippen molar-refractivity contribution < 1.29 is 0 Å². The number of benzene rings is 2. The largest absolute Gasteiger partial charge is 0.361 e. The molecule has 0 saturated carbocycles. The number of nitrogens with zero attached hydrogens (tertiary/aromatic N) is 5. The van der Waals surface area contributed by atoms with Crippen LogP contribution in [-0.2, 0) is 6.42 Å². The van der Waals surface area contributed by atoms with E-state index in [1.165, 1.54) is 0 Å². The van der Waals surface area contributed by atoms with Gasteiger partial charge in [-0.25, -0.2) is 15.0 Å². The maximum atomic E-state index is 4.79. The van der Waals surface area contributed by atoms with Crippen molar-refractivity contribution in [3.8, 4) is 22.8 Å². The molecule has 0 radical (unpaired) electrons. The van der Waals surface area contributed by atoms with Crippen molar-refractivity contribution in [2.24, 2.45) is 0 Å². The highest BCUT2D eigenvalue weighted by Gasteiger charge is 2.16. The third-order valence-corrected chi connectivity index (χ3v) is 4.58. The summed E-state index contributed by atoms with van der Waals surface area (Å²) in [7, 11) is 0. The summed E-state index contributed by atoms with van der Waals surface area (Å²) in [5, 5.41) is 10.0. The van der Waals surface area contributed by atoms with E-state index in [0.29, 0.717) is 29.5 Å². The average molecular weight is 364 g/mol. The van der Waals surface area contributed by atoms with Crippen LogP contribution < -0.4 is 0 Å². The lowest BCUT2D eigenvalue weighted by atomic mass is 10.1. The lowest BCUT2D eigenvalue weighted by Gasteiger charge is -2.08. The Kier molecular flexibility index (Phi) is 4.06. The molecule has 3 aromatic heterocycles. The molecule has 3 heterocycles. The van der Waals surface area contributed by atoms with Crippen LogP contribution in [0.15, 0.2) is 79.3 Å². The van der Waals surface area contributed by atoms with Crippen LogP contribution in [-0.4, -0.2) is 30.1 Å². The molecular weight excluding hydrogens is 348 g/mol. The SMILES string of the molecule is c1ccc(-c2nnc(Cc3c[nH]c4ccccc34)nc2-c2ncccn2)cc1. The van der Waals surface area contributed by atoms with Gasteiger partial charge in [0.15, 0.2) is 11.6 Å². The molecule has 28 heavy (non-hydrogen) atoms. The van der Waals surface area contributed by atoms with Gasteiger partial charge in [-0.15, -0.1) is 10.2 Å². The number of aromatic amines is 1. The first kappa shape index (κ1) is 16.3. The maximum Gasteiger partial charge on any atom is 0.180 e. The highest BCUT2D eigenvalue weighted by molar-refractivity contribution is 5.83. The summed E-state index contributed by atoms with van der Waals surface area (Å²) >= 11 is 0. The Balaban J connectivity index is 1.61. The molecular formula is C22H16N6. The summed E-state index contributed by atoms with van der Waals surface area (Å²) in [6.45, 7) is 0. The third kappa shape index (κ3) is 3.01. The van der Waals surface area contributed by atoms with E-state index in [-0.39, 0.29) is 0 Å². The van der Waals surface area contributed by atoms with Crippen molar-refractivity contribution in [3.63, 3.8) is 0 Å². The molecule has 0 aliphatic heterocycles. The van der Waals surface area contributed by atoms with Gasteiger partial charge < -0.3 is 4.98 Å².